The molecule has 112 valence electrons. The van der Waals surface area contributed by atoms with Gasteiger partial charge in [0.05, 0.1) is 5.56 Å². The minimum absolute atomic E-state index is 0.119. The molecule has 1 aliphatic heterocycles. The number of hydrogen-bond donors (Lipinski definition) is 2. The van der Waals surface area contributed by atoms with Crippen molar-refractivity contribution in [3.63, 3.8) is 0 Å². The quantitative estimate of drug-likeness (QED) is 0.889. The molecule has 0 aliphatic carbocycles. The van der Waals surface area contributed by atoms with Crippen molar-refractivity contribution >= 4 is 11.9 Å². The van der Waals surface area contributed by atoms with E-state index < -0.39 is 17.9 Å². The Hall–Kier alpha value is -2.82. The Morgan fingerprint density at radius 3 is 2.32 bits per heavy atom. The molecule has 0 aromatic heterocycles. The SMILES string of the molecule is O=C(O)C1Cc2ccccc2CN1C(=O)c1ccccc1O. The lowest BCUT2D eigenvalue weighted by Gasteiger charge is -2.34. The van der Waals surface area contributed by atoms with Gasteiger partial charge in [0.15, 0.2) is 0 Å². The summed E-state index contributed by atoms with van der Waals surface area (Å²) in [5.41, 5.74) is 1.99. The topological polar surface area (TPSA) is 77.8 Å². The number of carbonyl (C=O) groups excluding carboxylic acids is 1. The number of carboxylic acids is 1. The van der Waals surface area contributed by atoms with E-state index >= 15 is 0 Å². The van der Waals surface area contributed by atoms with Crippen LogP contribution in [0.5, 0.6) is 5.75 Å². The maximum Gasteiger partial charge on any atom is 0.326 e. The normalized spacial score (nSPS) is 16.9. The maximum atomic E-state index is 12.6. The third kappa shape index (κ3) is 2.41. The van der Waals surface area contributed by atoms with Crippen LogP contribution in [0.15, 0.2) is 48.5 Å². The first-order valence-corrected chi connectivity index (χ1v) is 6.96. The highest BCUT2D eigenvalue weighted by atomic mass is 16.4. The number of rotatable bonds is 2. The number of nitrogens with zero attached hydrogens (tertiary/aromatic N) is 1. The van der Waals surface area contributed by atoms with Gasteiger partial charge in [-0.05, 0) is 23.3 Å². The average Bonchev–Trinajstić information content (AvgIpc) is 2.53. The van der Waals surface area contributed by atoms with E-state index in [1.165, 1.54) is 17.0 Å². The Bertz CT molecular complexity index is 741. The van der Waals surface area contributed by atoms with Crippen LogP contribution in [0.25, 0.3) is 0 Å². The first-order valence-electron chi connectivity index (χ1n) is 6.96. The van der Waals surface area contributed by atoms with Gasteiger partial charge in [-0.25, -0.2) is 4.79 Å². The molecule has 1 unspecified atom stereocenters. The zero-order chi connectivity index (χ0) is 15.7. The Kier molecular flexibility index (Phi) is 3.55. The zero-order valence-electron chi connectivity index (χ0n) is 11.8. The summed E-state index contributed by atoms with van der Waals surface area (Å²) in [6, 6.07) is 12.7. The minimum Gasteiger partial charge on any atom is -0.507 e. The lowest BCUT2D eigenvalue weighted by atomic mass is 9.93. The Morgan fingerprint density at radius 1 is 1.00 bits per heavy atom. The molecule has 2 aromatic rings. The van der Waals surface area contributed by atoms with E-state index in [1.807, 2.05) is 24.3 Å². The van der Waals surface area contributed by atoms with E-state index in [4.69, 9.17) is 0 Å². The van der Waals surface area contributed by atoms with Crippen LogP contribution in [0.4, 0.5) is 0 Å². The van der Waals surface area contributed by atoms with Gasteiger partial charge in [-0.1, -0.05) is 36.4 Å². The second kappa shape index (κ2) is 5.52. The number of aliphatic carboxylic acids is 1. The predicted molar refractivity (Wildman–Crippen MR) is 79.6 cm³/mol. The minimum atomic E-state index is -1.04. The van der Waals surface area contributed by atoms with Gasteiger partial charge in [0.2, 0.25) is 0 Å². The molecule has 1 heterocycles. The van der Waals surface area contributed by atoms with Crippen LogP contribution >= 0.6 is 0 Å². The number of benzene rings is 2. The van der Waals surface area contributed by atoms with E-state index in [9.17, 15) is 19.8 Å². The summed E-state index contributed by atoms with van der Waals surface area (Å²) in [5.74, 6) is -1.66. The number of aromatic hydroxyl groups is 1. The van der Waals surface area contributed by atoms with Crippen molar-refractivity contribution in [2.24, 2.45) is 0 Å². The molecule has 0 bridgehead atoms. The van der Waals surface area contributed by atoms with Gasteiger partial charge < -0.3 is 15.1 Å². The lowest BCUT2D eigenvalue weighted by Crippen LogP contribution is -2.48. The largest absolute Gasteiger partial charge is 0.507 e. The molecular weight excluding hydrogens is 282 g/mol. The Balaban J connectivity index is 1.99. The fourth-order valence-corrected chi connectivity index (χ4v) is 2.77. The van der Waals surface area contributed by atoms with Crippen LogP contribution in [0.1, 0.15) is 21.5 Å². The molecule has 5 nitrogen and oxygen atoms in total. The molecule has 1 atom stereocenters. The maximum absolute atomic E-state index is 12.6. The van der Waals surface area contributed by atoms with E-state index in [2.05, 4.69) is 0 Å². The van der Waals surface area contributed by atoms with Crippen molar-refractivity contribution < 1.29 is 19.8 Å². The molecule has 22 heavy (non-hydrogen) atoms. The number of carboxylic acid groups (broad SMARTS) is 1. The first kappa shape index (κ1) is 14.1. The summed E-state index contributed by atoms with van der Waals surface area (Å²) >= 11 is 0. The molecule has 5 heteroatoms. The molecule has 0 radical (unpaired) electrons. The van der Waals surface area contributed by atoms with E-state index in [-0.39, 0.29) is 24.3 Å². The van der Waals surface area contributed by atoms with E-state index in [0.29, 0.717) is 0 Å². The van der Waals surface area contributed by atoms with Gasteiger partial charge in [0.25, 0.3) is 5.91 Å². The number of carbonyl (C=O) groups is 2. The van der Waals surface area contributed by atoms with Crippen LogP contribution in [0.2, 0.25) is 0 Å². The summed E-state index contributed by atoms with van der Waals surface area (Å²) in [4.78, 5) is 25.5. The van der Waals surface area contributed by atoms with E-state index in [0.717, 1.165) is 11.1 Å². The number of fused-ring (bicyclic) bond motifs is 1. The van der Waals surface area contributed by atoms with Crippen LogP contribution in [-0.2, 0) is 17.8 Å². The van der Waals surface area contributed by atoms with Crippen LogP contribution in [0, 0.1) is 0 Å². The second-order valence-electron chi connectivity index (χ2n) is 5.28. The van der Waals surface area contributed by atoms with Gasteiger partial charge >= 0.3 is 5.97 Å². The molecule has 2 N–H and O–H groups in total. The van der Waals surface area contributed by atoms with Gasteiger partial charge in [-0.3, -0.25) is 4.79 Å². The first-order chi connectivity index (χ1) is 10.6. The molecule has 0 fully saturated rings. The number of phenolic OH excluding ortho intramolecular Hbond substituents is 1. The second-order valence-corrected chi connectivity index (χ2v) is 5.28. The number of phenols is 1. The summed E-state index contributed by atoms with van der Waals surface area (Å²) in [6.07, 6.45) is 0.269. The fraction of sp³-hybridized carbons (Fsp3) is 0.176. The number of para-hydroxylation sites is 1. The molecule has 0 saturated carbocycles. The monoisotopic (exact) mass is 297 g/mol. The number of hydrogen-bond acceptors (Lipinski definition) is 3. The molecule has 1 amide bonds. The van der Waals surface area contributed by atoms with Crippen molar-refractivity contribution in [1.29, 1.82) is 0 Å². The molecular formula is C17H15NO4. The highest BCUT2D eigenvalue weighted by Crippen LogP contribution is 2.27. The Morgan fingerprint density at radius 2 is 1.64 bits per heavy atom. The highest BCUT2D eigenvalue weighted by Gasteiger charge is 2.35. The molecule has 1 aliphatic rings. The summed E-state index contributed by atoms with van der Waals surface area (Å²) in [5, 5.41) is 19.3. The van der Waals surface area contributed by atoms with Crippen LogP contribution in [0.3, 0.4) is 0 Å². The third-order valence-corrected chi connectivity index (χ3v) is 3.93. The van der Waals surface area contributed by atoms with Gasteiger partial charge in [-0.15, -0.1) is 0 Å². The molecule has 0 saturated heterocycles. The standard InChI is InChI=1S/C17H15NO4/c19-15-8-4-3-7-13(15)16(20)18-10-12-6-2-1-5-11(12)9-14(18)17(21)22/h1-8,14,19H,9-10H2,(H,21,22). The Labute approximate surface area is 127 Å². The van der Waals surface area contributed by atoms with Gasteiger partial charge in [0.1, 0.15) is 11.8 Å². The van der Waals surface area contributed by atoms with E-state index in [1.54, 1.807) is 12.1 Å². The van der Waals surface area contributed by atoms with Crippen LogP contribution in [-0.4, -0.2) is 33.0 Å². The van der Waals surface area contributed by atoms with Crippen molar-refractivity contribution in [3.05, 3.63) is 65.2 Å². The average molecular weight is 297 g/mol. The molecule has 0 spiro atoms. The molecule has 2 aromatic carbocycles. The smallest absolute Gasteiger partial charge is 0.326 e. The van der Waals surface area contributed by atoms with Crippen molar-refractivity contribution in [2.45, 2.75) is 19.0 Å². The van der Waals surface area contributed by atoms with Crippen molar-refractivity contribution in [2.75, 3.05) is 0 Å². The molecule has 3 rings (SSSR count). The highest BCUT2D eigenvalue weighted by molar-refractivity contribution is 5.99. The summed E-state index contributed by atoms with van der Waals surface area (Å²) in [7, 11) is 0. The lowest BCUT2D eigenvalue weighted by molar-refractivity contribution is -0.142. The van der Waals surface area contributed by atoms with Crippen molar-refractivity contribution in [3.8, 4) is 5.75 Å². The predicted octanol–water partition coefficient (Wildman–Crippen LogP) is 2.04. The summed E-state index contributed by atoms with van der Waals surface area (Å²) < 4.78 is 0. The van der Waals surface area contributed by atoms with Gasteiger partial charge in [-0.2, -0.15) is 0 Å². The van der Waals surface area contributed by atoms with Gasteiger partial charge in [0, 0.05) is 13.0 Å². The number of amides is 1. The van der Waals surface area contributed by atoms with Crippen LogP contribution < -0.4 is 0 Å². The van der Waals surface area contributed by atoms with Crippen molar-refractivity contribution in [1.82, 2.24) is 4.90 Å². The summed E-state index contributed by atoms with van der Waals surface area (Å²) in [6.45, 7) is 0.223. The zero-order valence-corrected chi connectivity index (χ0v) is 11.8. The third-order valence-electron chi connectivity index (χ3n) is 3.93. The fourth-order valence-electron chi connectivity index (χ4n) is 2.77.